The van der Waals surface area contributed by atoms with Crippen LogP contribution >= 0.6 is 0 Å². The topological polar surface area (TPSA) is 108 Å². The number of nitrogens with zero attached hydrogens (tertiary/aromatic N) is 5. The summed E-state index contributed by atoms with van der Waals surface area (Å²) in [5.41, 5.74) is 0.493. The van der Waals surface area contributed by atoms with Gasteiger partial charge in [-0.1, -0.05) is 0 Å². The monoisotopic (exact) mass is 284 g/mol. The number of nitriles is 1. The molecule has 1 fully saturated rings. The van der Waals surface area contributed by atoms with Gasteiger partial charge in [0.1, 0.15) is 12.4 Å². The van der Waals surface area contributed by atoms with Gasteiger partial charge in [0.05, 0.1) is 18.2 Å². The minimum atomic E-state index is -0.197. The van der Waals surface area contributed by atoms with Crippen LogP contribution in [0.3, 0.4) is 0 Å². The molecule has 0 spiro atoms. The number of hydrogen-bond acceptors (Lipinski definition) is 6. The van der Waals surface area contributed by atoms with Crippen LogP contribution in [0.25, 0.3) is 0 Å². The standard InChI is InChI=1S/C13H12N6O2/c14-6-9-1-3-15-11(5-9)21-10-2-4-19(7-10)13(20)12-16-8-17-18-12/h1,3,5,8,10H,2,4,7H2,(H,16,17,18). The molecule has 0 bridgehead atoms. The molecule has 2 aromatic rings. The molecule has 1 N–H and O–H groups in total. The quantitative estimate of drug-likeness (QED) is 0.872. The highest BCUT2D eigenvalue weighted by Crippen LogP contribution is 2.18. The van der Waals surface area contributed by atoms with Gasteiger partial charge in [-0.25, -0.2) is 9.97 Å². The number of aromatic nitrogens is 4. The average molecular weight is 284 g/mol. The number of ether oxygens (including phenoxy) is 1. The molecule has 0 aliphatic carbocycles. The van der Waals surface area contributed by atoms with Crippen molar-refractivity contribution in [2.24, 2.45) is 0 Å². The highest BCUT2D eigenvalue weighted by molar-refractivity contribution is 5.90. The highest BCUT2D eigenvalue weighted by atomic mass is 16.5. The summed E-state index contributed by atoms with van der Waals surface area (Å²) in [5.74, 6) is 0.422. The van der Waals surface area contributed by atoms with Crippen LogP contribution in [0, 0.1) is 11.3 Å². The summed E-state index contributed by atoms with van der Waals surface area (Å²) in [7, 11) is 0. The van der Waals surface area contributed by atoms with Crippen molar-refractivity contribution in [3.05, 3.63) is 36.0 Å². The lowest BCUT2D eigenvalue weighted by Crippen LogP contribution is -2.31. The third-order valence-electron chi connectivity index (χ3n) is 3.20. The van der Waals surface area contributed by atoms with Gasteiger partial charge in [0.25, 0.3) is 5.91 Å². The molecule has 21 heavy (non-hydrogen) atoms. The van der Waals surface area contributed by atoms with Crippen LogP contribution in [-0.2, 0) is 0 Å². The number of nitrogens with one attached hydrogen (secondary N) is 1. The Balaban J connectivity index is 1.62. The second-order valence-corrected chi connectivity index (χ2v) is 4.61. The summed E-state index contributed by atoms with van der Waals surface area (Å²) in [5, 5.41) is 15.1. The average Bonchev–Trinajstić information content (AvgIpc) is 3.18. The predicted octanol–water partition coefficient (Wildman–Crippen LogP) is 0.365. The van der Waals surface area contributed by atoms with Crippen molar-refractivity contribution in [2.45, 2.75) is 12.5 Å². The summed E-state index contributed by atoms with van der Waals surface area (Å²) >= 11 is 0. The lowest BCUT2D eigenvalue weighted by molar-refractivity contribution is 0.0759. The lowest BCUT2D eigenvalue weighted by Gasteiger charge is -2.15. The minimum Gasteiger partial charge on any atom is -0.472 e. The van der Waals surface area contributed by atoms with E-state index in [0.717, 1.165) is 0 Å². The van der Waals surface area contributed by atoms with Crippen molar-refractivity contribution in [3.63, 3.8) is 0 Å². The largest absolute Gasteiger partial charge is 0.472 e. The van der Waals surface area contributed by atoms with Crippen molar-refractivity contribution in [3.8, 4) is 11.9 Å². The molecule has 3 rings (SSSR count). The molecule has 0 aromatic carbocycles. The molecule has 1 unspecified atom stereocenters. The van der Waals surface area contributed by atoms with Gasteiger partial charge in [-0.15, -0.1) is 0 Å². The second kappa shape index (κ2) is 5.58. The smallest absolute Gasteiger partial charge is 0.291 e. The molecule has 1 aliphatic rings. The van der Waals surface area contributed by atoms with Crippen LogP contribution < -0.4 is 4.74 Å². The Labute approximate surface area is 120 Å². The Morgan fingerprint density at radius 1 is 1.52 bits per heavy atom. The van der Waals surface area contributed by atoms with Crippen LogP contribution in [0.5, 0.6) is 5.88 Å². The van der Waals surface area contributed by atoms with Crippen LogP contribution in [0.4, 0.5) is 0 Å². The first-order chi connectivity index (χ1) is 10.3. The summed E-state index contributed by atoms with van der Waals surface area (Å²) in [6.07, 6.45) is 3.39. The van der Waals surface area contributed by atoms with Gasteiger partial charge in [0.15, 0.2) is 0 Å². The van der Waals surface area contributed by atoms with E-state index in [0.29, 0.717) is 31.0 Å². The predicted molar refractivity (Wildman–Crippen MR) is 70.3 cm³/mol. The Kier molecular flexibility index (Phi) is 3.47. The Morgan fingerprint density at radius 2 is 2.43 bits per heavy atom. The maximum absolute atomic E-state index is 12.1. The zero-order chi connectivity index (χ0) is 14.7. The van der Waals surface area contributed by atoms with E-state index in [4.69, 9.17) is 10.00 Å². The lowest BCUT2D eigenvalue weighted by atomic mass is 10.3. The summed E-state index contributed by atoms with van der Waals surface area (Å²) in [6, 6.07) is 5.23. The van der Waals surface area contributed by atoms with Crippen molar-refractivity contribution >= 4 is 5.91 Å². The van der Waals surface area contributed by atoms with E-state index in [2.05, 4.69) is 20.2 Å². The Bertz CT molecular complexity index is 678. The molecule has 1 saturated heterocycles. The van der Waals surface area contributed by atoms with Crippen LogP contribution in [0.15, 0.2) is 24.7 Å². The number of carbonyl (C=O) groups is 1. The van der Waals surface area contributed by atoms with Crippen LogP contribution in [0.2, 0.25) is 0 Å². The van der Waals surface area contributed by atoms with Gasteiger partial charge >= 0.3 is 0 Å². The molecule has 0 saturated carbocycles. The number of likely N-dealkylation sites (tertiary alicyclic amines) is 1. The number of pyridine rings is 1. The second-order valence-electron chi connectivity index (χ2n) is 4.61. The number of aromatic amines is 1. The first-order valence-electron chi connectivity index (χ1n) is 6.43. The third kappa shape index (κ3) is 2.81. The van der Waals surface area contributed by atoms with Gasteiger partial charge < -0.3 is 9.64 Å². The van der Waals surface area contributed by atoms with E-state index in [-0.39, 0.29) is 17.8 Å². The molecule has 8 nitrogen and oxygen atoms in total. The normalized spacial score (nSPS) is 17.5. The highest BCUT2D eigenvalue weighted by Gasteiger charge is 2.29. The van der Waals surface area contributed by atoms with Crippen LogP contribution in [-0.4, -0.2) is 50.2 Å². The summed E-state index contributed by atoms with van der Waals surface area (Å²) in [6.45, 7) is 1.04. The number of H-pyrrole nitrogens is 1. The van der Waals surface area contributed by atoms with E-state index in [1.54, 1.807) is 17.0 Å². The first-order valence-corrected chi connectivity index (χ1v) is 6.43. The van der Waals surface area contributed by atoms with Crippen molar-refractivity contribution in [2.75, 3.05) is 13.1 Å². The van der Waals surface area contributed by atoms with Crippen molar-refractivity contribution in [1.82, 2.24) is 25.1 Å². The molecule has 1 aliphatic heterocycles. The molecule has 8 heteroatoms. The number of rotatable bonds is 3. The third-order valence-corrected chi connectivity index (χ3v) is 3.20. The van der Waals surface area contributed by atoms with Gasteiger partial charge in [-0.3, -0.25) is 9.89 Å². The first kappa shape index (κ1) is 13.1. The molecule has 1 amide bonds. The number of carbonyl (C=O) groups excluding carboxylic acids is 1. The fraction of sp³-hybridized carbons (Fsp3) is 0.308. The van der Waals surface area contributed by atoms with Crippen molar-refractivity contribution < 1.29 is 9.53 Å². The SMILES string of the molecule is N#Cc1ccnc(OC2CCN(C(=O)c3ncn[nH]3)C2)c1. The summed E-state index contributed by atoms with van der Waals surface area (Å²) in [4.78, 5) is 21.6. The molecule has 0 radical (unpaired) electrons. The van der Waals surface area contributed by atoms with E-state index in [1.165, 1.54) is 12.5 Å². The molecule has 2 aromatic heterocycles. The van der Waals surface area contributed by atoms with Gasteiger partial charge in [0, 0.05) is 25.2 Å². The fourth-order valence-electron chi connectivity index (χ4n) is 2.18. The molecular formula is C13H12N6O2. The molecular weight excluding hydrogens is 272 g/mol. The molecule has 3 heterocycles. The van der Waals surface area contributed by atoms with Gasteiger partial charge in [-0.05, 0) is 6.07 Å². The fourth-order valence-corrected chi connectivity index (χ4v) is 2.18. The van der Waals surface area contributed by atoms with E-state index >= 15 is 0 Å². The molecule has 106 valence electrons. The van der Waals surface area contributed by atoms with E-state index < -0.39 is 0 Å². The maximum atomic E-state index is 12.1. The number of amides is 1. The van der Waals surface area contributed by atoms with E-state index in [1.807, 2.05) is 6.07 Å². The van der Waals surface area contributed by atoms with E-state index in [9.17, 15) is 4.79 Å². The number of hydrogen-bond donors (Lipinski definition) is 1. The summed E-state index contributed by atoms with van der Waals surface area (Å²) < 4.78 is 5.71. The van der Waals surface area contributed by atoms with Crippen molar-refractivity contribution in [1.29, 1.82) is 5.26 Å². The zero-order valence-electron chi connectivity index (χ0n) is 11.1. The van der Waals surface area contributed by atoms with Crippen LogP contribution in [0.1, 0.15) is 22.6 Å². The minimum absolute atomic E-state index is 0.140. The Hall–Kier alpha value is -2.95. The van der Waals surface area contributed by atoms with Gasteiger partial charge in [0.2, 0.25) is 11.7 Å². The Morgan fingerprint density at radius 3 is 3.19 bits per heavy atom. The zero-order valence-corrected chi connectivity index (χ0v) is 11.1. The maximum Gasteiger partial charge on any atom is 0.291 e. The molecule has 1 atom stereocenters. The van der Waals surface area contributed by atoms with Gasteiger partial charge in [-0.2, -0.15) is 10.4 Å².